The fourth-order valence-corrected chi connectivity index (χ4v) is 5.28. The summed E-state index contributed by atoms with van der Waals surface area (Å²) in [6.45, 7) is 12.3. The third-order valence-electron chi connectivity index (χ3n) is 7.22. The highest BCUT2D eigenvalue weighted by Crippen LogP contribution is 2.65. The molecule has 3 rings (SSSR count). The number of esters is 3. The van der Waals surface area contributed by atoms with Gasteiger partial charge in [-0.25, -0.2) is 0 Å². The number of carbonyl (C=O) groups is 3. The number of epoxide rings is 1. The maximum absolute atomic E-state index is 12.1. The van der Waals surface area contributed by atoms with Gasteiger partial charge in [-0.1, -0.05) is 26.8 Å². The van der Waals surface area contributed by atoms with Crippen LogP contribution in [0.1, 0.15) is 54.9 Å². The van der Waals surface area contributed by atoms with Crippen molar-refractivity contribution < 1.29 is 43.2 Å². The Kier molecular flexibility index (Phi) is 7.27. The molecule has 1 saturated carbocycles. The van der Waals surface area contributed by atoms with Gasteiger partial charge >= 0.3 is 17.9 Å². The van der Waals surface area contributed by atoms with Crippen molar-refractivity contribution in [1.29, 1.82) is 0 Å². The third kappa shape index (κ3) is 4.68. The molecule has 2 unspecified atom stereocenters. The van der Waals surface area contributed by atoms with E-state index in [0.717, 1.165) is 5.57 Å². The Hall–Kier alpha value is -1.97. The Labute approximate surface area is 194 Å². The number of rotatable bonds is 8. The topological polar surface area (TPSA) is 121 Å². The molecule has 3 fully saturated rings. The van der Waals surface area contributed by atoms with Crippen molar-refractivity contribution in [2.24, 2.45) is 17.3 Å². The molecule has 1 N–H and O–H groups in total. The molecule has 0 radical (unpaired) electrons. The van der Waals surface area contributed by atoms with Crippen LogP contribution in [0.2, 0.25) is 0 Å². The predicted molar refractivity (Wildman–Crippen MR) is 116 cm³/mol. The van der Waals surface area contributed by atoms with E-state index in [-0.39, 0.29) is 18.5 Å². The van der Waals surface area contributed by atoms with Crippen LogP contribution in [-0.4, -0.2) is 72.3 Å². The van der Waals surface area contributed by atoms with Crippen molar-refractivity contribution in [1.82, 2.24) is 0 Å². The van der Waals surface area contributed by atoms with Gasteiger partial charge in [-0.15, -0.1) is 0 Å². The Morgan fingerprint density at radius 3 is 2.30 bits per heavy atom. The molecule has 8 atom stereocenters. The van der Waals surface area contributed by atoms with Gasteiger partial charge in [0.25, 0.3) is 0 Å². The number of ether oxygens (including phenoxy) is 5. The first-order valence-corrected chi connectivity index (χ1v) is 11.5. The maximum Gasteiger partial charge on any atom is 0.306 e. The van der Waals surface area contributed by atoms with Crippen LogP contribution in [0, 0.1) is 17.3 Å². The summed E-state index contributed by atoms with van der Waals surface area (Å²) in [5.74, 6) is -1.55. The SMILES string of the molecule is CC(=O)OC[C@@H]1[C@@H](/C=C(/C)[C@H](C)OC(=O)CC(C)C)O[C@@H]2[C@H](O)[C@@H](OC(C)=O)C1(C)C21CO1. The summed E-state index contributed by atoms with van der Waals surface area (Å²) < 4.78 is 28.6. The first-order chi connectivity index (χ1) is 15.3. The summed E-state index contributed by atoms with van der Waals surface area (Å²) >= 11 is 0. The highest BCUT2D eigenvalue weighted by Gasteiger charge is 2.81. The minimum atomic E-state index is -1.10. The highest BCUT2D eigenvalue weighted by molar-refractivity contribution is 5.70. The van der Waals surface area contributed by atoms with E-state index in [0.29, 0.717) is 13.0 Å². The van der Waals surface area contributed by atoms with Crippen molar-refractivity contribution in [3.05, 3.63) is 11.6 Å². The molecule has 9 nitrogen and oxygen atoms in total. The first kappa shape index (κ1) is 25.6. The van der Waals surface area contributed by atoms with Gasteiger partial charge in [-0.2, -0.15) is 0 Å². The van der Waals surface area contributed by atoms with E-state index < -0.39 is 59.4 Å². The summed E-state index contributed by atoms with van der Waals surface area (Å²) in [5.41, 5.74) is -0.931. The van der Waals surface area contributed by atoms with Gasteiger partial charge in [0.2, 0.25) is 0 Å². The molecular weight excluding hydrogens is 432 g/mol. The van der Waals surface area contributed by atoms with E-state index in [1.165, 1.54) is 13.8 Å². The molecule has 9 heteroatoms. The smallest absolute Gasteiger partial charge is 0.306 e. The van der Waals surface area contributed by atoms with Gasteiger partial charge < -0.3 is 28.8 Å². The standard InChI is InChI=1S/C24H36O9/c1-12(2)8-19(27)31-14(4)13(3)9-18-17(10-29-15(5)25)23(7)21(32-16(6)26)20(28)22(33-18)24(23)11-30-24/h9,12,14,17-18,20-22,28H,8,10-11H2,1-7H3/b13-9-/t14-,17+,18+,20+,21+,22+,23?,24?/m0/s1. The lowest BCUT2D eigenvalue weighted by Gasteiger charge is -2.47. The fourth-order valence-electron chi connectivity index (χ4n) is 5.28. The zero-order valence-electron chi connectivity index (χ0n) is 20.5. The van der Waals surface area contributed by atoms with Crippen molar-refractivity contribution in [3.8, 4) is 0 Å². The minimum Gasteiger partial charge on any atom is -0.465 e. The van der Waals surface area contributed by atoms with Crippen LogP contribution in [-0.2, 0) is 38.1 Å². The number of aliphatic hydroxyl groups is 1. The number of carbonyl (C=O) groups excluding carboxylic acids is 3. The van der Waals surface area contributed by atoms with Crippen molar-refractivity contribution in [3.63, 3.8) is 0 Å². The Balaban J connectivity index is 1.92. The number of hydrogen-bond donors (Lipinski definition) is 1. The fraction of sp³-hybridized carbons (Fsp3) is 0.792. The van der Waals surface area contributed by atoms with Crippen LogP contribution in [0.25, 0.3) is 0 Å². The minimum absolute atomic E-state index is 0.00981. The van der Waals surface area contributed by atoms with Crippen LogP contribution < -0.4 is 0 Å². The molecule has 1 spiro atoms. The molecule has 0 aromatic carbocycles. The zero-order valence-corrected chi connectivity index (χ0v) is 20.5. The third-order valence-corrected chi connectivity index (χ3v) is 7.22. The van der Waals surface area contributed by atoms with E-state index in [1.807, 2.05) is 33.8 Å². The monoisotopic (exact) mass is 468 g/mol. The van der Waals surface area contributed by atoms with Crippen LogP contribution in [0.5, 0.6) is 0 Å². The average Bonchev–Trinajstić information content (AvgIpc) is 3.47. The molecule has 2 heterocycles. The summed E-state index contributed by atoms with van der Waals surface area (Å²) in [4.78, 5) is 35.6. The second-order valence-corrected chi connectivity index (χ2v) is 10.1. The van der Waals surface area contributed by atoms with Crippen LogP contribution in [0.3, 0.4) is 0 Å². The quantitative estimate of drug-likeness (QED) is 0.246. The second-order valence-electron chi connectivity index (χ2n) is 10.1. The van der Waals surface area contributed by atoms with Gasteiger partial charge in [-0.3, -0.25) is 14.4 Å². The van der Waals surface area contributed by atoms with Crippen molar-refractivity contribution in [2.45, 2.75) is 91.0 Å². The van der Waals surface area contributed by atoms with Gasteiger partial charge in [0, 0.05) is 26.2 Å². The van der Waals surface area contributed by atoms with Crippen LogP contribution >= 0.6 is 0 Å². The summed E-state index contributed by atoms with van der Waals surface area (Å²) in [6, 6.07) is 0. The second kappa shape index (κ2) is 9.35. The largest absolute Gasteiger partial charge is 0.465 e. The lowest BCUT2D eigenvalue weighted by molar-refractivity contribution is -0.184. The molecule has 2 aliphatic heterocycles. The lowest BCUT2D eigenvalue weighted by Crippen LogP contribution is -2.58. The van der Waals surface area contributed by atoms with Gasteiger partial charge in [0.05, 0.1) is 24.7 Å². The average molecular weight is 469 g/mol. The number of aliphatic hydroxyl groups excluding tert-OH is 1. The molecule has 0 amide bonds. The molecule has 1 aliphatic carbocycles. The lowest BCUT2D eigenvalue weighted by atomic mass is 9.64. The Bertz CT molecular complexity index is 815. The summed E-state index contributed by atoms with van der Waals surface area (Å²) in [6.07, 6.45) is -1.61. The number of hydrogen-bond acceptors (Lipinski definition) is 9. The van der Waals surface area contributed by atoms with Crippen LogP contribution in [0.4, 0.5) is 0 Å². The van der Waals surface area contributed by atoms with E-state index in [2.05, 4.69) is 0 Å². The molecule has 33 heavy (non-hydrogen) atoms. The van der Waals surface area contributed by atoms with E-state index >= 15 is 0 Å². The molecule has 2 saturated heterocycles. The molecule has 2 bridgehead atoms. The first-order valence-electron chi connectivity index (χ1n) is 11.5. The van der Waals surface area contributed by atoms with Gasteiger partial charge in [0.1, 0.15) is 30.0 Å². The molecule has 3 aliphatic rings. The van der Waals surface area contributed by atoms with E-state index in [9.17, 15) is 19.5 Å². The molecule has 0 aromatic rings. The maximum atomic E-state index is 12.1. The summed E-state index contributed by atoms with van der Waals surface area (Å²) in [5, 5.41) is 11.0. The van der Waals surface area contributed by atoms with Gasteiger partial charge in [-0.05, 0) is 25.3 Å². The van der Waals surface area contributed by atoms with E-state index in [1.54, 1.807) is 6.92 Å². The van der Waals surface area contributed by atoms with Crippen molar-refractivity contribution in [2.75, 3.05) is 13.2 Å². The predicted octanol–water partition coefficient (Wildman–Crippen LogP) is 1.94. The Morgan fingerprint density at radius 1 is 1.15 bits per heavy atom. The zero-order chi connectivity index (χ0) is 24.7. The molecular formula is C24H36O9. The van der Waals surface area contributed by atoms with Crippen molar-refractivity contribution >= 4 is 17.9 Å². The van der Waals surface area contributed by atoms with Crippen LogP contribution in [0.15, 0.2) is 11.6 Å². The van der Waals surface area contributed by atoms with E-state index in [4.69, 9.17) is 23.7 Å². The highest BCUT2D eigenvalue weighted by atomic mass is 16.7. The Morgan fingerprint density at radius 2 is 1.79 bits per heavy atom. The normalized spacial score (nSPS) is 38.2. The molecule has 186 valence electrons. The summed E-state index contributed by atoms with van der Waals surface area (Å²) in [7, 11) is 0. The molecule has 0 aromatic heterocycles. The van der Waals surface area contributed by atoms with Gasteiger partial charge in [0.15, 0.2) is 0 Å².